The van der Waals surface area contributed by atoms with E-state index in [1.807, 2.05) is 0 Å². The Morgan fingerprint density at radius 3 is 2.42 bits per heavy atom. The van der Waals surface area contributed by atoms with Gasteiger partial charge in [0.05, 0.1) is 17.2 Å². The van der Waals surface area contributed by atoms with E-state index in [-0.39, 0.29) is 12.3 Å². The molecule has 1 amide bonds. The highest BCUT2D eigenvalue weighted by Gasteiger charge is 2.12. The average molecular weight is 423 g/mol. The zero-order valence-corrected chi connectivity index (χ0v) is 15.8. The summed E-state index contributed by atoms with van der Waals surface area (Å²) in [7, 11) is 0. The normalized spacial score (nSPS) is 10.2. The zero-order chi connectivity index (χ0) is 18.9. The van der Waals surface area contributed by atoms with E-state index in [0.29, 0.717) is 22.5 Å². The third-order valence-corrected chi connectivity index (χ3v) is 4.09. The number of nitrogens with one attached hydrogen (secondary N) is 1. The first-order valence-electron chi connectivity index (χ1n) is 8.09. The van der Waals surface area contributed by atoms with E-state index < -0.39 is 10.8 Å². The van der Waals surface area contributed by atoms with Gasteiger partial charge in [0.2, 0.25) is 0 Å². The summed E-state index contributed by atoms with van der Waals surface area (Å²) in [6.07, 6.45) is 2.06. The molecule has 0 fully saturated rings. The molecule has 0 radical (unpaired) electrons. The second-order valence-electron chi connectivity index (χ2n) is 5.43. The van der Waals surface area contributed by atoms with Gasteiger partial charge in [-0.3, -0.25) is 14.9 Å². The molecule has 0 unspecified atom stereocenters. The number of nitro benzene ring substituents is 1. The Balaban J connectivity index is 1.87. The molecule has 2 aromatic rings. The first-order chi connectivity index (χ1) is 12.5. The quantitative estimate of drug-likeness (QED) is 0.363. The van der Waals surface area contributed by atoms with Gasteiger partial charge in [0.15, 0.2) is 6.61 Å². The lowest BCUT2D eigenvalue weighted by atomic mass is 10.3. The molecule has 0 atom stereocenters. The van der Waals surface area contributed by atoms with E-state index in [0.717, 1.165) is 18.6 Å². The van der Waals surface area contributed by atoms with Gasteiger partial charge in [0.1, 0.15) is 11.5 Å². The molecule has 0 aromatic heterocycles. The van der Waals surface area contributed by atoms with Crippen molar-refractivity contribution in [2.24, 2.45) is 0 Å². The molecule has 2 aromatic carbocycles. The number of carbonyl (C=O) groups excluding carboxylic acids is 1. The van der Waals surface area contributed by atoms with Gasteiger partial charge in [0, 0.05) is 16.6 Å². The summed E-state index contributed by atoms with van der Waals surface area (Å²) in [5, 5.41) is 13.4. The standard InChI is InChI=1S/C18H19BrN2O5/c1-2-3-10-25-14-5-7-15(8-6-14)26-12-18(22)20-17-11-13(21(23)24)4-9-16(17)19/h4-9,11H,2-3,10,12H2,1H3,(H,20,22). The molecule has 7 nitrogen and oxygen atoms in total. The number of halogens is 1. The van der Waals surface area contributed by atoms with Crippen molar-refractivity contribution in [3.8, 4) is 11.5 Å². The van der Waals surface area contributed by atoms with Crippen LogP contribution in [0, 0.1) is 10.1 Å². The third kappa shape index (κ3) is 6.03. The molecule has 0 aliphatic rings. The number of unbranched alkanes of at least 4 members (excludes halogenated alkanes) is 1. The lowest BCUT2D eigenvalue weighted by Crippen LogP contribution is -2.20. The lowest BCUT2D eigenvalue weighted by Gasteiger charge is -2.10. The van der Waals surface area contributed by atoms with Crippen molar-refractivity contribution in [1.82, 2.24) is 0 Å². The van der Waals surface area contributed by atoms with E-state index in [4.69, 9.17) is 9.47 Å². The Labute approximate surface area is 159 Å². The Hall–Kier alpha value is -2.61. The van der Waals surface area contributed by atoms with Gasteiger partial charge in [-0.05, 0) is 52.7 Å². The van der Waals surface area contributed by atoms with Crippen LogP contribution >= 0.6 is 15.9 Å². The van der Waals surface area contributed by atoms with Crippen molar-refractivity contribution in [1.29, 1.82) is 0 Å². The Kier molecular flexibility index (Phi) is 7.40. The van der Waals surface area contributed by atoms with Gasteiger partial charge in [-0.1, -0.05) is 13.3 Å². The molecule has 26 heavy (non-hydrogen) atoms. The first kappa shape index (κ1) is 19.7. The minimum atomic E-state index is -0.525. The lowest BCUT2D eigenvalue weighted by molar-refractivity contribution is -0.384. The molecule has 0 heterocycles. The van der Waals surface area contributed by atoms with E-state index in [1.165, 1.54) is 18.2 Å². The van der Waals surface area contributed by atoms with Crippen LogP contribution in [-0.2, 0) is 4.79 Å². The molecule has 8 heteroatoms. The van der Waals surface area contributed by atoms with Crippen molar-refractivity contribution in [2.45, 2.75) is 19.8 Å². The SMILES string of the molecule is CCCCOc1ccc(OCC(=O)Nc2cc([N+](=O)[O-])ccc2Br)cc1. The number of nitro groups is 1. The smallest absolute Gasteiger partial charge is 0.271 e. The number of hydrogen-bond acceptors (Lipinski definition) is 5. The molecule has 2 rings (SSSR count). The fraction of sp³-hybridized carbons (Fsp3) is 0.278. The van der Waals surface area contributed by atoms with Gasteiger partial charge in [-0.15, -0.1) is 0 Å². The summed E-state index contributed by atoms with van der Waals surface area (Å²) in [5.41, 5.74) is 0.204. The van der Waals surface area contributed by atoms with Gasteiger partial charge in [-0.25, -0.2) is 0 Å². The summed E-state index contributed by atoms with van der Waals surface area (Å²) < 4.78 is 11.5. The van der Waals surface area contributed by atoms with Gasteiger partial charge in [0.25, 0.3) is 11.6 Å². The molecule has 0 saturated heterocycles. The van der Waals surface area contributed by atoms with E-state index in [1.54, 1.807) is 24.3 Å². The molecular formula is C18H19BrN2O5. The fourth-order valence-corrected chi connectivity index (χ4v) is 2.37. The van der Waals surface area contributed by atoms with Gasteiger partial charge in [-0.2, -0.15) is 0 Å². The second kappa shape index (κ2) is 9.76. The molecular weight excluding hydrogens is 404 g/mol. The molecule has 0 aliphatic carbocycles. The molecule has 1 N–H and O–H groups in total. The average Bonchev–Trinajstić information content (AvgIpc) is 2.63. The monoisotopic (exact) mass is 422 g/mol. The third-order valence-electron chi connectivity index (χ3n) is 3.40. The predicted octanol–water partition coefficient (Wildman–Crippen LogP) is 4.55. The van der Waals surface area contributed by atoms with Crippen LogP contribution in [0.1, 0.15) is 19.8 Å². The van der Waals surface area contributed by atoms with Crippen LogP contribution in [0.2, 0.25) is 0 Å². The Bertz CT molecular complexity index is 765. The largest absolute Gasteiger partial charge is 0.494 e. The molecule has 0 aliphatic heterocycles. The Morgan fingerprint density at radius 2 is 1.81 bits per heavy atom. The maximum absolute atomic E-state index is 12.0. The van der Waals surface area contributed by atoms with Gasteiger partial charge >= 0.3 is 0 Å². The van der Waals surface area contributed by atoms with Crippen LogP contribution in [-0.4, -0.2) is 24.0 Å². The van der Waals surface area contributed by atoms with Crippen LogP contribution in [0.5, 0.6) is 11.5 Å². The Morgan fingerprint density at radius 1 is 1.15 bits per heavy atom. The second-order valence-corrected chi connectivity index (χ2v) is 6.29. The summed E-state index contributed by atoms with van der Waals surface area (Å²) in [4.78, 5) is 22.3. The number of non-ortho nitro benzene ring substituents is 1. The van der Waals surface area contributed by atoms with Crippen molar-refractivity contribution in [2.75, 3.05) is 18.5 Å². The summed E-state index contributed by atoms with van der Waals surface area (Å²) in [5.74, 6) is 0.853. The molecule has 138 valence electrons. The number of amides is 1. The van der Waals surface area contributed by atoms with Crippen molar-refractivity contribution in [3.63, 3.8) is 0 Å². The number of hydrogen-bond donors (Lipinski definition) is 1. The van der Waals surface area contributed by atoms with Crippen molar-refractivity contribution < 1.29 is 19.2 Å². The summed E-state index contributed by atoms with van der Waals surface area (Å²) in [6.45, 7) is 2.54. The number of nitrogens with zero attached hydrogens (tertiary/aromatic N) is 1. The highest BCUT2D eigenvalue weighted by atomic mass is 79.9. The summed E-state index contributed by atoms with van der Waals surface area (Å²) in [6, 6.07) is 11.1. The number of carbonyl (C=O) groups is 1. The number of benzene rings is 2. The van der Waals surface area contributed by atoms with Crippen LogP contribution < -0.4 is 14.8 Å². The van der Waals surface area contributed by atoms with E-state index >= 15 is 0 Å². The zero-order valence-electron chi connectivity index (χ0n) is 14.2. The maximum Gasteiger partial charge on any atom is 0.271 e. The molecule has 0 spiro atoms. The van der Waals surface area contributed by atoms with Crippen LogP contribution in [0.25, 0.3) is 0 Å². The highest BCUT2D eigenvalue weighted by molar-refractivity contribution is 9.10. The molecule has 0 bridgehead atoms. The maximum atomic E-state index is 12.0. The fourth-order valence-electron chi connectivity index (χ4n) is 2.02. The van der Waals surface area contributed by atoms with Crippen LogP contribution in [0.4, 0.5) is 11.4 Å². The first-order valence-corrected chi connectivity index (χ1v) is 8.88. The number of ether oxygens (including phenoxy) is 2. The summed E-state index contributed by atoms with van der Waals surface area (Å²) >= 11 is 3.25. The van der Waals surface area contributed by atoms with E-state index in [2.05, 4.69) is 28.2 Å². The highest BCUT2D eigenvalue weighted by Crippen LogP contribution is 2.27. The van der Waals surface area contributed by atoms with Crippen molar-refractivity contribution in [3.05, 3.63) is 57.1 Å². The predicted molar refractivity (Wildman–Crippen MR) is 102 cm³/mol. The van der Waals surface area contributed by atoms with Crippen molar-refractivity contribution >= 4 is 33.2 Å². The molecule has 0 saturated carbocycles. The van der Waals surface area contributed by atoms with E-state index in [9.17, 15) is 14.9 Å². The van der Waals surface area contributed by atoms with Crippen LogP contribution in [0.3, 0.4) is 0 Å². The number of rotatable bonds is 9. The van der Waals surface area contributed by atoms with Crippen LogP contribution in [0.15, 0.2) is 46.9 Å². The topological polar surface area (TPSA) is 90.7 Å². The minimum absolute atomic E-state index is 0.108. The minimum Gasteiger partial charge on any atom is -0.494 e. The van der Waals surface area contributed by atoms with Gasteiger partial charge < -0.3 is 14.8 Å². The number of anilines is 1.